The number of nitrogens with zero attached hydrogens (tertiary/aromatic N) is 2. The number of nitrogens with one attached hydrogen (secondary N) is 1. The van der Waals surface area contributed by atoms with Gasteiger partial charge in [0.25, 0.3) is 5.91 Å². The van der Waals surface area contributed by atoms with Crippen LogP contribution >= 0.6 is 11.6 Å². The van der Waals surface area contributed by atoms with Crippen LogP contribution in [0.2, 0.25) is 5.02 Å². The number of para-hydroxylation sites is 1. The molecule has 0 saturated heterocycles. The Morgan fingerprint density at radius 2 is 1.84 bits per heavy atom. The van der Waals surface area contributed by atoms with Gasteiger partial charge in [-0.1, -0.05) is 29.8 Å². The van der Waals surface area contributed by atoms with E-state index in [9.17, 15) is 4.79 Å². The van der Waals surface area contributed by atoms with Crippen molar-refractivity contribution in [3.8, 4) is 0 Å². The molecule has 0 radical (unpaired) electrons. The average molecular weight is 348 g/mol. The molecule has 0 atom stereocenters. The molecule has 0 aliphatic rings. The average Bonchev–Trinajstić information content (AvgIpc) is 2.61. The molecule has 4 aromatic rings. The first-order valence-electron chi connectivity index (χ1n) is 7.84. The van der Waals surface area contributed by atoms with E-state index in [1.807, 2.05) is 37.3 Å². The van der Waals surface area contributed by atoms with Gasteiger partial charge in [-0.2, -0.15) is 0 Å². The lowest BCUT2D eigenvalue weighted by molar-refractivity contribution is 0.102. The van der Waals surface area contributed by atoms with Gasteiger partial charge in [-0.05, 0) is 43.3 Å². The Morgan fingerprint density at radius 1 is 1.00 bits per heavy atom. The molecule has 25 heavy (non-hydrogen) atoms. The summed E-state index contributed by atoms with van der Waals surface area (Å²) in [5, 5.41) is 5.21. The Labute approximate surface area is 149 Å². The quantitative estimate of drug-likeness (QED) is 0.555. The molecule has 4 rings (SSSR count). The van der Waals surface area contributed by atoms with Gasteiger partial charge in [0.1, 0.15) is 0 Å². The first-order valence-corrected chi connectivity index (χ1v) is 8.21. The molecule has 0 bridgehead atoms. The highest BCUT2D eigenvalue weighted by Crippen LogP contribution is 2.26. The minimum atomic E-state index is -0.186. The number of carbonyl (C=O) groups is 1. The molecule has 0 aliphatic heterocycles. The molecule has 0 unspecified atom stereocenters. The van der Waals surface area contributed by atoms with Crippen LogP contribution in [0.1, 0.15) is 16.1 Å². The van der Waals surface area contributed by atoms with E-state index in [0.29, 0.717) is 16.3 Å². The SMILES string of the molecule is Cc1cc(C(=O)Nc2ccnc3ccc(Cl)cc23)c2ccccc2n1. The van der Waals surface area contributed by atoms with Crippen LogP contribution in [0, 0.1) is 6.92 Å². The summed E-state index contributed by atoms with van der Waals surface area (Å²) in [4.78, 5) is 21.7. The number of benzene rings is 2. The predicted octanol–water partition coefficient (Wildman–Crippen LogP) is 5.00. The van der Waals surface area contributed by atoms with Gasteiger partial charge in [0, 0.05) is 27.7 Å². The minimum Gasteiger partial charge on any atom is -0.321 e. The Morgan fingerprint density at radius 3 is 2.72 bits per heavy atom. The topological polar surface area (TPSA) is 54.9 Å². The monoisotopic (exact) mass is 347 g/mol. The van der Waals surface area contributed by atoms with E-state index >= 15 is 0 Å². The van der Waals surface area contributed by atoms with E-state index in [1.165, 1.54) is 0 Å². The lowest BCUT2D eigenvalue weighted by atomic mass is 10.1. The molecule has 4 nitrogen and oxygen atoms in total. The van der Waals surface area contributed by atoms with Gasteiger partial charge < -0.3 is 5.32 Å². The van der Waals surface area contributed by atoms with Crippen LogP contribution < -0.4 is 5.32 Å². The van der Waals surface area contributed by atoms with Crippen LogP contribution in [0.15, 0.2) is 60.8 Å². The predicted molar refractivity (Wildman–Crippen MR) is 101 cm³/mol. The summed E-state index contributed by atoms with van der Waals surface area (Å²) < 4.78 is 0. The zero-order valence-electron chi connectivity index (χ0n) is 13.5. The third-order valence-electron chi connectivity index (χ3n) is 4.04. The van der Waals surface area contributed by atoms with Crippen molar-refractivity contribution in [2.75, 3.05) is 5.32 Å². The Kier molecular flexibility index (Phi) is 3.82. The molecule has 2 aromatic carbocycles. The van der Waals surface area contributed by atoms with Crippen LogP contribution in [0.25, 0.3) is 21.8 Å². The number of halogens is 1. The first-order chi connectivity index (χ1) is 12.1. The fourth-order valence-electron chi connectivity index (χ4n) is 2.91. The molecule has 5 heteroatoms. The zero-order valence-corrected chi connectivity index (χ0v) is 14.2. The molecule has 0 spiro atoms. The van der Waals surface area contributed by atoms with Gasteiger partial charge >= 0.3 is 0 Å². The zero-order chi connectivity index (χ0) is 17.4. The third kappa shape index (κ3) is 2.92. The molecule has 2 heterocycles. The van der Waals surface area contributed by atoms with Crippen LogP contribution in [0.4, 0.5) is 5.69 Å². The van der Waals surface area contributed by atoms with Gasteiger partial charge in [-0.25, -0.2) is 0 Å². The standard InChI is InChI=1S/C20H14ClN3O/c1-12-10-15(14-4-2-3-5-18(14)23-12)20(25)24-19-8-9-22-17-7-6-13(21)11-16(17)19/h2-11H,1H3,(H,22,24,25). The van der Waals surface area contributed by atoms with Gasteiger partial charge in [0.05, 0.1) is 22.3 Å². The van der Waals surface area contributed by atoms with Gasteiger partial charge in [0.2, 0.25) is 0 Å². The number of aromatic nitrogens is 2. The number of carbonyl (C=O) groups excluding carboxylic acids is 1. The molecule has 2 aromatic heterocycles. The van der Waals surface area contributed by atoms with Crippen molar-refractivity contribution in [3.05, 3.63) is 77.1 Å². The van der Waals surface area contributed by atoms with E-state index in [0.717, 1.165) is 27.5 Å². The van der Waals surface area contributed by atoms with Gasteiger partial charge in [0.15, 0.2) is 0 Å². The Balaban J connectivity index is 1.80. The fraction of sp³-hybridized carbons (Fsp3) is 0.0500. The highest BCUT2D eigenvalue weighted by atomic mass is 35.5. The highest BCUT2D eigenvalue weighted by molar-refractivity contribution is 6.31. The van der Waals surface area contributed by atoms with Gasteiger partial charge in [-0.15, -0.1) is 0 Å². The Bertz CT molecular complexity index is 1120. The van der Waals surface area contributed by atoms with E-state index in [-0.39, 0.29) is 5.91 Å². The first kappa shape index (κ1) is 15.5. The van der Waals surface area contributed by atoms with Crippen molar-refractivity contribution in [2.45, 2.75) is 6.92 Å². The van der Waals surface area contributed by atoms with E-state index in [1.54, 1.807) is 30.5 Å². The largest absolute Gasteiger partial charge is 0.321 e. The van der Waals surface area contributed by atoms with Crippen LogP contribution in [0.3, 0.4) is 0 Å². The maximum Gasteiger partial charge on any atom is 0.256 e. The normalized spacial score (nSPS) is 11.0. The molecule has 1 N–H and O–H groups in total. The summed E-state index contributed by atoms with van der Waals surface area (Å²) in [6, 6.07) is 16.6. The second-order valence-electron chi connectivity index (χ2n) is 5.80. The summed E-state index contributed by atoms with van der Waals surface area (Å²) in [6.45, 7) is 1.88. The number of hydrogen-bond acceptors (Lipinski definition) is 3. The number of anilines is 1. The lowest BCUT2D eigenvalue weighted by Crippen LogP contribution is -2.13. The van der Waals surface area contributed by atoms with Crippen LogP contribution in [-0.2, 0) is 0 Å². The number of fused-ring (bicyclic) bond motifs is 2. The smallest absolute Gasteiger partial charge is 0.256 e. The second kappa shape index (κ2) is 6.15. The molecule has 122 valence electrons. The number of aryl methyl sites for hydroxylation is 1. The molecular weight excluding hydrogens is 334 g/mol. The number of hydrogen-bond donors (Lipinski definition) is 1. The Hall–Kier alpha value is -2.98. The molecular formula is C20H14ClN3O. The van der Waals surface area contributed by atoms with Crippen molar-refractivity contribution in [1.82, 2.24) is 9.97 Å². The summed E-state index contributed by atoms with van der Waals surface area (Å²) in [5.74, 6) is -0.186. The summed E-state index contributed by atoms with van der Waals surface area (Å²) in [6.07, 6.45) is 1.67. The van der Waals surface area contributed by atoms with Crippen LogP contribution in [-0.4, -0.2) is 15.9 Å². The van der Waals surface area contributed by atoms with Crippen molar-refractivity contribution in [1.29, 1.82) is 0 Å². The highest BCUT2D eigenvalue weighted by Gasteiger charge is 2.13. The number of rotatable bonds is 2. The van der Waals surface area contributed by atoms with Crippen LogP contribution in [0.5, 0.6) is 0 Å². The second-order valence-corrected chi connectivity index (χ2v) is 6.24. The van der Waals surface area contributed by atoms with E-state index in [2.05, 4.69) is 15.3 Å². The van der Waals surface area contributed by atoms with Gasteiger partial charge in [-0.3, -0.25) is 14.8 Å². The molecule has 0 fully saturated rings. The summed E-state index contributed by atoms with van der Waals surface area (Å²) in [7, 11) is 0. The van der Waals surface area contributed by atoms with Crippen molar-refractivity contribution >= 4 is 45.0 Å². The number of pyridine rings is 2. The lowest BCUT2D eigenvalue weighted by Gasteiger charge is -2.11. The molecule has 0 aliphatic carbocycles. The fourth-order valence-corrected chi connectivity index (χ4v) is 3.08. The summed E-state index contributed by atoms with van der Waals surface area (Å²) in [5.41, 5.74) is 3.64. The molecule has 1 amide bonds. The third-order valence-corrected chi connectivity index (χ3v) is 4.28. The number of amides is 1. The van der Waals surface area contributed by atoms with E-state index < -0.39 is 0 Å². The van der Waals surface area contributed by atoms with Crippen molar-refractivity contribution in [3.63, 3.8) is 0 Å². The maximum absolute atomic E-state index is 12.9. The maximum atomic E-state index is 12.9. The van der Waals surface area contributed by atoms with Crippen molar-refractivity contribution in [2.24, 2.45) is 0 Å². The molecule has 0 saturated carbocycles. The van der Waals surface area contributed by atoms with E-state index in [4.69, 9.17) is 11.6 Å². The van der Waals surface area contributed by atoms with Crippen molar-refractivity contribution < 1.29 is 4.79 Å². The minimum absolute atomic E-state index is 0.186. The summed E-state index contributed by atoms with van der Waals surface area (Å²) >= 11 is 6.09.